The number of carbonyl (C=O) groups excluding carboxylic acids is 3. The number of anilines is 1. The van der Waals surface area contributed by atoms with E-state index in [1.54, 1.807) is 39.0 Å². The molecule has 2 atom stereocenters. The SMILES string of the molecule is C=CCN(C(=O)C(CS)NC(=O)OC(C)(C)C)C(C(=O)Nc1c(C)cccc1C)c1ccccc1O. The molecule has 0 aromatic heterocycles. The van der Waals surface area contributed by atoms with Gasteiger partial charge in [-0.05, 0) is 51.8 Å². The molecule has 9 heteroatoms. The van der Waals surface area contributed by atoms with Gasteiger partial charge in [-0.1, -0.05) is 42.5 Å². The van der Waals surface area contributed by atoms with E-state index in [9.17, 15) is 19.5 Å². The summed E-state index contributed by atoms with van der Waals surface area (Å²) in [5.74, 6) is -1.30. The first-order valence-corrected chi connectivity index (χ1v) is 12.2. The van der Waals surface area contributed by atoms with Gasteiger partial charge < -0.3 is 25.4 Å². The number of nitrogens with zero attached hydrogens (tertiary/aromatic N) is 1. The van der Waals surface area contributed by atoms with Crippen molar-refractivity contribution in [3.63, 3.8) is 0 Å². The van der Waals surface area contributed by atoms with E-state index in [-0.39, 0.29) is 23.6 Å². The van der Waals surface area contributed by atoms with Gasteiger partial charge in [0.25, 0.3) is 5.91 Å². The number of aromatic hydroxyl groups is 1. The summed E-state index contributed by atoms with van der Waals surface area (Å²) in [6.45, 7) is 12.6. The fraction of sp³-hybridized carbons (Fsp3) is 0.370. The van der Waals surface area contributed by atoms with Crippen molar-refractivity contribution in [1.82, 2.24) is 10.2 Å². The van der Waals surface area contributed by atoms with Crippen LogP contribution in [0.4, 0.5) is 10.5 Å². The zero-order valence-corrected chi connectivity index (χ0v) is 22.3. The second kappa shape index (κ2) is 12.5. The van der Waals surface area contributed by atoms with Crippen molar-refractivity contribution in [2.24, 2.45) is 0 Å². The summed E-state index contributed by atoms with van der Waals surface area (Å²) < 4.78 is 5.28. The number of thiol groups is 1. The number of hydrogen-bond donors (Lipinski definition) is 4. The number of hydrogen-bond acceptors (Lipinski definition) is 6. The molecule has 2 rings (SSSR count). The lowest BCUT2D eigenvalue weighted by molar-refractivity contribution is -0.139. The largest absolute Gasteiger partial charge is 0.508 e. The fourth-order valence-corrected chi connectivity index (χ4v) is 3.92. The van der Waals surface area contributed by atoms with Crippen LogP contribution in [0, 0.1) is 13.8 Å². The molecular weight excluding hydrogens is 478 g/mol. The third kappa shape index (κ3) is 7.52. The molecule has 0 aliphatic rings. The lowest BCUT2D eigenvalue weighted by Gasteiger charge is -2.34. The predicted octanol–water partition coefficient (Wildman–Crippen LogP) is 4.53. The summed E-state index contributed by atoms with van der Waals surface area (Å²) in [5.41, 5.74) is 1.78. The number of rotatable bonds is 9. The molecule has 36 heavy (non-hydrogen) atoms. The molecule has 0 radical (unpaired) electrons. The van der Waals surface area contributed by atoms with Gasteiger partial charge >= 0.3 is 6.09 Å². The Balaban J connectivity index is 2.50. The number of phenols is 1. The van der Waals surface area contributed by atoms with E-state index >= 15 is 0 Å². The zero-order chi connectivity index (χ0) is 27.0. The van der Waals surface area contributed by atoms with Crippen molar-refractivity contribution in [3.05, 3.63) is 71.8 Å². The third-order valence-corrected chi connectivity index (χ3v) is 5.67. The average molecular weight is 514 g/mol. The molecule has 0 aliphatic heterocycles. The van der Waals surface area contributed by atoms with Gasteiger partial charge in [-0.3, -0.25) is 9.59 Å². The van der Waals surface area contributed by atoms with Crippen LogP contribution in [0.15, 0.2) is 55.1 Å². The number of phenolic OH excluding ortho intramolecular Hbond substituents is 1. The number of nitrogens with one attached hydrogen (secondary N) is 2. The molecule has 2 aromatic rings. The highest BCUT2D eigenvalue weighted by atomic mass is 32.1. The molecule has 0 heterocycles. The lowest BCUT2D eigenvalue weighted by atomic mass is 10.0. The Hall–Kier alpha value is -3.46. The topological polar surface area (TPSA) is 108 Å². The smallest absolute Gasteiger partial charge is 0.408 e. The van der Waals surface area contributed by atoms with Crippen LogP contribution in [0.5, 0.6) is 5.75 Å². The Morgan fingerprint density at radius 3 is 2.25 bits per heavy atom. The van der Waals surface area contributed by atoms with Crippen LogP contribution >= 0.6 is 12.6 Å². The van der Waals surface area contributed by atoms with E-state index in [1.807, 2.05) is 32.0 Å². The normalized spacial score (nSPS) is 12.7. The number of aryl methyl sites for hydroxylation is 2. The van der Waals surface area contributed by atoms with Crippen LogP contribution in [0.25, 0.3) is 0 Å². The van der Waals surface area contributed by atoms with Crippen molar-refractivity contribution in [2.75, 3.05) is 17.6 Å². The van der Waals surface area contributed by atoms with Crippen molar-refractivity contribution < 1.29 is 24.2 Å². The fourth-order valence-electron chi connectivity index (χ4n) is 3.67. The molecule has 2 unspecified atom stereocenters. The van der Waals surface area contributed by atoms with Gasteiger partial charge in [-0.25, -0.2) is 4.79 Å². The Kier molecular flexibility index (Phi) is 9.98. The molecule has 3 amide bonds. The Morgan fingerprint density at radius 1 is 1.11 bits per heavy atom. The molecular formula is C27H35N3O5S. The number of carbonyl (C=O) groups is 3. The van der Waals surface area contributed by atoms with Crippen LogP contribution in [-0.2, 0) is 14.3 Å². The summed E-state index contributed by atoms with van der Waals surface area (Å²) in [5, 5.41) is 16.1. The monoisotopic (exact) mass is 513 g/mol. The number of benzene rings is 2. The number of para-hydroxylation sites is 2. The highest BCUT2D eigenvalue weighted by molar-refractivity contribution is 7.80. The van der Waals surface area contributed by atoms with Crippen LogP contribution in [0.3, 0.4) is 0 Å². The second-order valence-corrected chi connectivity index (χ2v) is 9.74. The molecule has 0 fully saturated rings. The number of alkyl carbamates (subject to hydrolysis) is 1. The Bertz CT molecular complexity index is 1090. The zero-order valence-electron chi connectivity index (χ0n) is 21.4. The number of ether oxygens (including phenoxy) is 1. The summed E-state index contributed by atoms with van der Waals surface area (Å²) in [7, 11) is 0. The van der Waals surface area contributed by atoms with Crippen molar-refractivity contribution in [1.29, 1.82) is 0 Å². The van der Waals surface area contributed by atoms with Crippen LogP contribution in [-0.4, -0.2) is 51.9 Å². The lowest BCUT2D eigenvalue weighted by Crippen LogP contribution is -2.53. The maximum absolute atomic E-state index is 13.7. The minimum absolute atomic E-state index is 0.0295. The maximum Gasteiger partial charge on any atom is 0.408 e. The summed E-state index contributed by atoms with van der Waals surface area (Å²) in [6.07, 6.45) is 0.688. The molecule has 0 saturated carbocycles. The van der Waals surface area contributed by atoms with E-state index in [4.69, 9.17) is 4.74 Å². The molecule has 3 N–H and O–H groups in total. The van der Waals surface area contributed by atoms with E-state index in [0.29, 0.717) is 5.69 Å². The molecule has 194 valence electrons. The van der Waals surface area contributed by atoms with Gasteiger partial charge in [-0.2, -0.15) is 12.6 Å². The molecule has 0 spiro atoms. The second-order valence-electron chi connectivity index (χ2n) is 9.38. The Labute approximate surface area is 218 Å². The third-order valence-electron chi connectivity index (χ3n) is 5.30. The van der Waals surface area contributed by atoms with Crippen molar-refractivity contribution in [3.8, 4) is 5.75 Å². The van der Waals surface area contributed by atoms with Gasteiger partial charge in [0.15, 0.2) is 0 Å². The number of amides is 3. The average Bonchev–Trinajstić information content (AvgIpc) is 2.79. The van der Waals surface area contributed by atoms with Gasteiger partial charge in [0, 0.05) is 23.5 Å². The summed E-state index contributed by atoms with van der Waals surface area (Å²) >= 11 is 4.25. The first-order valence-electron chi connectivity index (χ1n) is 11.6. The minimum Gasteiger partial charge on any atom is -0.508 e. The highest BCUT2D eigenvalue weighted by Gasteiger charge is 2.36. The van der Waals surface area contributed by atoms with Crippen LogP contribution in [0.2, 0.25) is 0 Å². The molecule has 8 nitrogen and oxygen atoms in total. The molecule has 0 saturated heterocycles. The maximum atomic E-state index is 13.7. The standard InChI is InChI=1S/C27H35N3O5S/c1-7-15-30(25(33)20(16-36)28-26(34)35-27(4,5)6)23(19-13-8-9-14-21(19)31)24(32)29-22-17(2)11-10-12-18(22)3/h7-14,20,23,31,36H,1,15-16H2,2-6H3,(H,28,34)(H,29,32). The first-order chi connectivity index (χ1) is 16.9. The summed E-state index contributed by atoms with van der Waals surface area (Å²) in [4.78, 5) is 41.0. The van der Waals surface area contributed by atoms with Gasteiger partial charge in [-0.15, -0.1) is 6.58 Å². The van der Waals surface area contributed by atoms with E-state index in [0.717, 1.165) is 11.1 Å². The predicted molar refractivity (Wildman–Crippen MR) is 144 cm³/mol. The quantitative estimate of drug-likeness (QED) is 0.291. The molecule has 2 aromatic carbocycles. The van der Waals surface area contributed by atoms with Crippen molar-refractivity contribution in [2.45, 2.75) is 52.3 Å². The Morgan fingerprint density at radius 2 is 1.72 bits per heavy atom. The van der Waals surface area contributed by atoms with Crippen LogP contribution < -0.4 is 10.6 Å². The van der Waals surface area contributed by atoms with Crippen LogP contribution in [0.1, 0.15) is 43.5 Å². The highest BCUT2D eigenvalue weighted by Crippen LogP contribution is 2.31. The summed E-state index contributed by atoms with van der Waals surface area (Å²) in [6, 6.07) is 9.61. The first kappa shape index (κ1) is 28.8. The molecule has 0 aliphatic carbocycles. The van der Waals surface area contributed by atoms with Gasteiger partial charge in [0.2, 0.25) is 5.91 Å². The van der Waals surface area contributed by atoms with Gasteiger partial charge in [0.1, 0.15) is 23.4 Å². The van der Waals surface area contributed by atoms with Crippen molar-refractivity contribution >= 4 is 36.2 Å². The van der Waals surface area contributed by atoms with E-state index in [2.05, 4.69) is 29.8 Å². The minimum atomic E-state index is -1.22. The van der Waals surface area contributed by atoms with E-state index in [1.165, 1.54) is 17.0 Å². The molecule has 0 bridgehead atoms. The van der Waals surface area contributed by atoms with E-state index < -0.39 is 35.6 Å². The van der Waals surface area contributed by atoms with Gasteiger partial charge in [0.05, 0.1) is 0 Å².